The second-order valence-corrected chi connectivity index (χ2v) is 4.75. The molecule has 2 aromatic rings. The van der Waals surface area contributed by atoms with E-state index in [0.29, 0.717) is 6.04 Å². The lowest BCUT2D eigenvalue weighted by Gasteiger charge is -2.07. The number of fused-ring (bicyclic) bond motifs is 1. The lowest BCUT2D eigenvalue weighted by molar-refractivity contribution is -0.117. The van der Waals surface area contributed by atoms with Crippen molar-refractivity contribution in [2.24, 2.45) is 5.73 Å². The molecule has 5 heteroatoms. The van der Waals surface area contributed by atoms with E-state index in [9.17, 15) is 4.79 Å². The minimum Gasteiger partial charge on any atom is -0.325 e. The van der Waals surface area contributed by atoms with E-state index in [0.717, 1.165) is 16.6 Å². The summed E-state index contributed by atoms with van der Waals surface area (Å²) in [6.07, 6.45) is 1.97. The third-order valence-electron chi connectivity index (χ3n) is 2.73. The van der Waals surface area contributed by atoms with Crippen LogP contribution in [0.25, 0.3) is 10.9 Å². The van der Waals surface area contributed by atoms with Gasteiger partial charge in [-0.05, 0) is 39.0 Å². The van der Waals surface area contributed by atoms with E-state index in [1.165, 1.54) is 0 Å². The second kappa shape index (κ2) is 4.78. The van der Waals surface area contributed by atoms with Crippen LogP contribution in [0.1, 0.15) is 26.8 Å². The van der Waals surface area contributed by atoms with E-state index in [1.54, 1.807) is 6.92 Å². The molecule has 0 spiro atoms. The maximum atomic E-state index is 11.5. The summed E-state index contributed by atoms with van der Waals surface area (Å²) < 4.78 is 1.90. The largest absolute Gasteiger partial charge is 0.325 e. The third kappa shape index (κ3) is 2.51. The SMILES string of the molecule is CC(C)n1cc2cc(NC(=O)[C@@H](C)N)ccc2n1. The number of carbonyl (C=O) groups excluding carboxylic acids is 1. The number of nitrogens with zero attached hydrogens (tertiary/aromatic N) is 2. The Hall–Kier alpha value is -1.88. The molecule has 0 fully saturated rings. The summed E-state index contributed by atoms with van der Waals surface area (Å²) in [7, 11) is 0. The molecule has 0 aliphatic heterocycles. The van der Waals surface area contributed by atoms with E-state index in [1.807, 2.05) is 29.1 Å². The van der Waals surface area contributed by atoms with Gasteiger partial charge in [0.25, 0.3) is 0 Å². The molecule has 5 nitrogen and oxygen atoms in total. The number of anilines is 1. The van der Waals surface area contributed by atoms with Crippen molar-refractivity contribution in [3.05, 3.63) is 24.4 Å². The fourth-order valence-corrected chi connectivity index (χ4v) is 1.64. The summed E-state index contributed by atoms with van der Waals surface area (Å²) in [5.41, 5.74) is 7.17. The highest BCUT2D eigenvalue weighted by molar-refractivity contribution is 5.96. The van der Waals surface area contributed by atoms with Gasteiger partial charge in [-0.25, -0.2) is 0 Å². The number of hydrogen-bond donors (Lipinski definition) is 2. The van der Waals surface area contributed by atoms with Crippen LogP contribution in [0.2, 0.25) is 0 Å². The highest BCUT2D eigenvalue weighted by atomic mass is 16.2. The number of amides is 1. The van der Waals surface area contributed by atoms with Crippen LogP contribution in [0, 0.1) is 0 Å². The number of nitrogens with one attached hydrogen (secondary N) is 1. The molecular weight excluding hydrogens is 228 g/mol. The molecular formula is C13H18N4O. The van der Waals surface area contributed by atoms with Gasteiger partial charge in [-0.2, -0.15) is 5.10 Å². The molecule has 1 amide bonds. The van der Waals surface area contributed by atoms with Crippen molar-refractivity contribution in [2.75, 3.05) is 5.32 Å². The van der Waals surface area contributed by atoms with Gasteiger partial charge in [0.2, 0.25) is 5.91 Å². The fourth-order valence-electron chi connectivity index (χ4n) is 1.64. The predicted molar refractivity (Wildman–Crippen MR) is 72.4 cm³/mol. The highest BCUT2D eigenvalue weighted by Gasteiger charge is 2.09. The average molecular weight is 246 g/mol. The monoisotopic (exact) mass is 246 g/mol. The van der Waals surface area contributed by atoms with E-state index in [4.69, 9.17) is 5.73 Å². The van der Waals surface area contributed by atoms with Crippen molar-refractivity contribution >= 4 is 22.5 Å². The molecule has 0 aliphatic rings. The Bertz CT molecular complexity index is 571. The summed E-state index contributed by atoms with van der Waals surface area (Å²) in [6.45, 7) is 5.81. The zero-order valence-corrected chi connectivity index (χ0v) is 10.8. The zero-order valence-electron chi connectivity index (χ0n) is 10.8. The molecule has 0 saturated carbocycles. The molecule has 1 atom stereocenters. The van der Waals surface area contributed by atoms with Crippen molar-refractivity contribution in [1.29, 1.82) is 0 Å². The molecule has 1 heterocycles. The maximum absolute atomic E-state index is 11.5. The van der Waals surface area contributed by atoms with Gasteiger partial charge < -0.3 is 11.1 Å². The summed E-state index contributed by atoms with van der Waals surface area (Å²) in [5, 5.41) is 8.22. The van der Waals surface area contributed by atoms with Gasteiger partial charge in [0.05, 0.1) is 11.6 Å². The first-order valence-corrected chi connectivity index (χ1v) is 6.02. The normalized spacial score (nSPS) is 12.9. The van der Waals surface area contributed by atoms with E-state index in [-0.39, 0.29) is 5.91 Å². The number of rotatable bonds is 3. The first kappa shape index (κ1) is 12.6. The Labute approximate surface area is 106 Å². The lowest BCUT2D eigenvalue weighted by Crippen LogP contribution is -2.32. The molecule has 0 aliphatic carbocycles. The molecule has 18 heavy (non-hydrogen) atoms. The molecule has 0 unspecified atom stereocenters. The quantitative estimate of drug-likeness (QED) is 0.868. The second-order valence-electron chi connectivity index (χ2n) is 4.75. The first-order chi connectivity index (χ1) is 8.47. The molecule has 0 bridgehead atoms. The number of benzene rings is 1. The molecule has 0 radical (unpaired) electrons. The van der Waals surface area contributed by atoms with Crippen LogP contribution in [-0.2, 0) is 4.79 Å². The van der Waals surface area contributed by atoms with Crippen LogP contribution in [0.4, 0.5) is 5.69 Å². The third-order valence-corrected chi connectivity index (χ3v) is 2.73. The first-order valence-electron chi connectivity index (χ1n) is 6.02. The van der Waals surface area contributed by atoms with Crippen molar-refractivity contribution in [3.63, 3.8) is 0 Å². The predicted octanol–water partition coefficient (Wildman–Crippen LogP) is 1.90. The minimum absolute atomic E-state index is 0.189. The Balaban J connectivity index is 2.29. The maximum Gasteiger partial charge on any atom is 0.240 e. The Kier molecular flexibility index (Phi) is 3.34. The molecule has 96 valence electrons. The van der Waals surface area contributed by atoms with Crippen LogP contribution in [0.3, 0.4) is 0 Å². The number of carbonyl (C=O) groups is 1. The minimum atomic E-state index is -0.515. The number of aromatic nitrogens is 2. The van der Waals surface area contributed by atoms with E-state index >= 15 is 0 Å². The number of hydrogen-bond acceptors (Lipinski definition) is 3. The fraction of sp³-hybridized carbons (Fsp3) is 0.385. The molecule has 1 aromatic heterocycles. The molecule has 3 N–H and O–H groups in total. The van der Waals surface area contributed by atoms with Gasteiger partial charge in [-0.3, -0.25) is 9.48 Å². The van der Waals surface area contributed by atoms with Crippen molar-refractivity contribution in [2.45, 2.75) is 32.9 Å². The number of nitrogens with two attached hydrogens (primary N) is 1. The van der Waals surface area contributed by atoms with Crippen LogP contribution in [0.15, 0.2) is 24.4 Å². The summed E-state index contributed by atoms with van der Waals surface area (Å²) in [6, 6.07) is 5.44. The standard InChI is InChI=1S/C13H18N4O/c1-8(2)17-7-10-6-11(4-5-12(10)16-17)15-13(18)9(3)14/h4-9H,14H2,1-3H3,(H,15,18)/t9-/m1/s1. The van der Waals surface area contributed by atoms with Crippen LogP contribution < -0.4 is 11.1 Å². The van der Waals surface area contributed by atoms with Crippen molar-refractivity contribution < 1.29 is 4.79 Å². The Morgan fingerprint density at radius 1 is 1.39 bits per heavy atom. The highest BCUT2D eigenvalue weighted by Crippen LogP contribution is 2.19. The van der Waals surface area contributed by atoms with Gasteiger partial charge in [0.15, 0.2) is 0 Å². The van der Waals surface area contributed by atoms with Gasteiger partial charge in [0, 0.05) is 23.3 Å². The molecule has 2 rings (SSSR count). The van der Waals surface area contributed by atoms with E-state index < -0.39 is 6.04 Å². The van der Waals surface area contributed by atoms with Crippen molar-refractivity contribution in [3.8, 4) is 0 Å². The van der Waals surface area contributed by atoms with Gasteiger partial charge in [0.1, 0.15) is 0 Å². The van der Waals surface area contributed by atoms with Crippen molar-refractivity contribution in [1.82, 2.24) is 9.78 Å². The molecule has 0 saturated heterocycles. The summed E-state index contributed by atoms with van der Waals surface area (Å²) >= 11 is 0. The molecule has 1 aromatic carbocycles. The topological polar surface area (TPSA) is 72.9 Å². The zero-order chi connectivity index (χ0) is 13.3. The van der Waals surface area contributed by atoms with Gasteiger partial charge >= 0.3 is 0 Å². The van der Waals surface area contributed by atoms with Crippen LogP contribution in [-0.4, -0.2) is 21.7 Å². The van der Waals surface area contributed by atoms with Crippen LogP contribution >= 0.6 is 0 Å². The Morgan fingerprint density at radius 3 is 2.72 bits per heavy atom. The summed E-state index contributed by atoms with van der Waals surface area (Å²) in [5.74, 6) is -0.189. The smallest absolute Gasteiger partial charge is 0.240 e. The average Bonchev–Trinajstić information content (AvgIpc) is 2.71. The Morgan fingerprint density at radius 2 is 2.11 bits per heavy atom. The lowest BCUT2D eigenvalue weighted by atomic mass is 10.2. The van der Waals surface area contributed by atoms with Gasteiger partial charge in [-0.1, -0.05) is 0 Å². The summed E-state index contributed by atoms with van der Waals surface area (Å²) in [4.78, 5) is 11.5. The van der Waals surface area contributed by atoms with Gasteiger partial charge in [-0.15, -0.1) is 0 Å². The van der Waals surface area contributed by atoms with E-state index in [2.05, 4.69) is 24.3 Å². The van der Waals surface area contributed by atoms with Crippen LogP contribution in [0.5, 0.6) is 0 Å².